The first-order chi connectivity index (χ1) is 18.1. The van der Waals surface area contributed by atoms with Gasteiger partial charge < -0.3 is 15.0 Å². The second-order valence-electron chi connectivity index (χ2n) is 9.80. The molecule has 8 nitrogen and oxygen atoms in total. The largest absolute Gasteiger partial charge is 0.497 e. The van der Waals surface area contributed by atoms with Gasteiger partial charge in [0.25, 0.3) is 0 Å². The standard InChI is InChI=1S/C28H38FN3O5S/c1-21(28(34)30-24-8-5-4-6-9-24)31(20-22-11-13-23(29)14-12-22)27(33)10-7-19-32(38(3,35)36)25-15-17-26(37-2)18-16-25/h11-18,21,24H,4-10,19-20H2,1-3H3,(H,30,34)/t21-/m0/s1. The highest BCUT2D eigenvalue weighted by Crippen LogP contribution is 2.23. The molecule has 1 aliphatic rings. The van der Waals surface area contributed by atoms with Crippen molar-refractivity contribution in [3.05, 3.63) is 59.9 Å². The van der Waals surface area contributed by atoms with Gasteiger partial charge in [-0.1, -0.05) is 31.4 Å². The summed E-state index contributed by atoms with van der Waals surface area (Å²) < 4.78 is 44.8. The fourth-order valence-electron chi connectivity index (χ4n) is 4.69. The zero-order valence-corrected chi connectivity index (χ0v) is 23.2. The molecule has 0 bridgehead atoms. The van der Waals surface area contributed by atoms with Gasteiger partial charge in [-0.15, -0.1) is 0 Å². The van der Waals surface area contributed by atoms with E-state index in [1.165, 1.54) is 28.4 Å². The van der Waals surface area contributed by atoms with Gasteiger partial charge in [-0.05, 0) is 68.1 Å². The molecule has 1 N–H and O–H groups in total. The van der Waals surface area contributed by atoms with E-state index in [4.69, 9.17) is 4.74 Å². The number of hydrogen-bond donors (Lipinski definition) is 1. The van der Waals surface area contributed by atoms with Crippen molar-refractivity contribution >= 4 is 27.5 Å². The van der Waals surface area contributed by atoms with Crippen LogP contribution in [0.25, 0.3) is 0 Å². The van der Waals surface area contributed by atoms with Crippen molar-refractivity contribution in [2.75, 3.05) is 24.2 Å². The third kappa shape index (κ3) is 8.44. The van der Waals surface area contributed by atoms with Crippen molar-refractivity contribution in [3.63, 3.8) is 0 Å². The third-order valence-electron chi connectivity index (χ3n) is 6.90. The molecule has 0 unspecified atom stereocenters. The summed E-state index contributed by atoms with van der Waals surface area (Å²) in [7, 11) is -2.06. The number of anilines is 1. The van der Waals surface area contributed by atoms with Gasteiger partial charge in [-0.3, -0.25) is 13.9 Å². The van der Waals surface area contributed by atoms with Crippen molar-refractivity contribution in [1.82, 2.24) is 10.2 Å². The lowest BCUT2D eigenvalue weighted by atomic mass is 9.95. The number of hydrogen-bond acceptors (Lipinski definition) is 5. The predicted octanol–water partition coefficient (Wildman–Crippen LogP) is 4.25. The Morgan fingerprint density at radius 2 is 1.68 bits per heavy atom. The predicted molar refractivity (Wildman–Crippen MR) is 146 cm³/mol. The number of ether oxygens (including phenoxy) is 1. The smallest absolute Gasteiger partial charge is 0.242 e. The molecule has 3 rings (SSSR count). The number of rotatable bonds is 12. The van der Waals surface area contributed by atoms with Crippen LogP contribution in [0.2, 0.25) is 0 Å². The highest BCUT2D eigenvalue weighted by molar-refractivity contribution is 7.92. The topological polar surface area (TPSA) is 96.0 Å². The number of nitrogens with zero attached hydrogens (tertiary/aromatic N) is 2. The molecule has 2 amide bonds. The lowest BCUT2D eigenvalue weighted by Crippen LogP contribution is -2.50. The van der Waals surface area contributed by atoms with E-state index >= 15 is 0 Å². The molecule has 0 saturated heterocycles. The van der Waals surface area contributed by atoms with Crippen LogP contribution in [0.3, 0.4) is 0 Å². The fourth-order valence-corrected chi connectivity index (χ4v) is 5.66. The van der Waals surface area contributed by atoms with E-state index in [0.717, 1.165) is 38.4 Å². The Balaban J connectivity index is 1.70. The van der Waals surface area contributed by atoms with Crippen LogP contribution in [0.15, 0.2) is 48.5 Å². The summed E-state index contributed by atoms with van der Waals surface area (Å²) in [5.41, 5.74) is 1.18. The average Bonchev–Trinajstić information content (AvgIpc) is 2.90. The second-order valence-corrected chi connectivity index (χ2v) is 11.7. The van der Waals surface area contributed by atoms with E-state index in [2.05, 4.69) is 5.32 Å². The van der Waals surface area contributed by atoms with Gasteiger partial charge in [0.15, 0.2) is 0 Å². The quantitative estimate of drug-likeness (QED) is 0.429. The van der Waals surface area contributed by atoms with E-state index in [0.29, 0.717) is 17.0 Å². The number of amides is 2. The van der Waals surface area contributed by atoms with E-state index in [-0.39, 0.29) is 49.6 Å². The molecule has 0 aliphatic heterocycles. The van der Waals surface area contributed by atoms with Gasteiger partial charge in [0.2, 0.25) is 21.8 Å². The Morgan fingerprint density at radius 1 is 1.05 bits per heavy atom. The van der Waals surface area contributed by atoms with E-state index in [1.54, 1.807) is 43.3 Å². The molecule has 2 aromatic carbocycles. The molecular weight excluding hydrogens is 509 g/mol. The summed E-state index contributed by atoms with van der Waals surface area (Å²) in [6.07, 6.45) is 6.59. The van der Waals surface area contributed by atoms with Crippen LogP contribution < -0.4 is 14.4 Å². The summed E-state index contributed by atoms with van der Waals surface area (Å²) in [6, 6.07) is 11.9. The first kappa shape index (κ1) is 29.4. The molecule has 0 heterocycles. The molecule has 1 saturated carbocycles. The average molecular weight is 548 g/mol. The SMILES string of the molecule is COc1ccc(N(CCCC(=O)N(Cc2ccc(F)cc2)[C@@H](C)C(=O)NC2CCCCC2)S(C)(=O)=O)cc1. The molecule has 1 fully saturated rings. The summed E-state index contributed by atoms with van der Waals surface area (Å²) in [5, 5.41) is 3.08. The lowest BCUT2D eigenvalue weighted by molar-refractivity contribution is -0.141. The minimum Gasteiger partial charge on any atom is -0.497 e. The lowest BCUT2D eigenvalue weighted by Gasteiger charge is -2.31. The Morgan fingerprint density at radius 3 is 2.26 bits per heavy atom. The Bertz CT molecular complexity index is 1170. The molecule has 10 heteroatoms. The van der Waals surface area contributed by atoms with Crippen LogP contribution >= 0.6 is 0 Å². The Hall–Kier alpha value is -3.14. The van der Waals surface area contributed by atoms with Gasteiger partial charge in [0, 0.05) is 25.6 Å². The maximum atomic E-state index is 13.4. The molecule has 1 aliphatic carbocycles. The first-order valence-corrected chi connectivity index (χ1v) is 14.9. The zero-order chi connectivity index (χ0) is 27.7. The van der Waals surface area contributed by atoms with Gasteiger partial charge in [-0.2, -0.15) is 0 Å². The third-order valence-corrected chi connectivity index (χ3v) is 8.09. The van der Waals surface area contributed by atoms with Crippen molar-refractivity contribution in [1.29, 1.82) is 0 Å². The van der Waals surface area contributed by atoms with Crippen molar-refractivity contribution in [2.24, 2.45) is 0 Å². The molecule has 0 spiro atoms. The minimum atomic E-state index is -3.59. The number of benzene rings is 2. The van der Waals surface area contributed by atoms with Crippen LogP contribution in [-0.4, -0.2) is 57.1 Å². The number of methoxy groups -OCH3 is 1. The van der Waals surface area contributed by atoms with Crippen molar-refractivity contribution in [3.8, 4) is 5.75 Å². The minimum absolute atomic E-state index is 0.0460. The van der Waals surface area contributed by atoms with Gasteiger partial charge >= 0.3 is 0 Å². The number of sulfonamides is 1. The van der Waals surface area contributed by atoms with E-state index in [1.807, 2.05) is 0 Å². The molecule has 1 atom stereocenters. The van der Waals surface area contributed by atoms with Crippen LogP contribution in [0.1, 0.15) is 57.4 Å². The van der Waals surface area contributed by atoms with Crippen LogP contribution in [0.4, 0.5) is 10.1 Å². The fraction of sp³-hybridized carbons (Fsp3) is 0.500. The number of nitrogens with one attached hydrogen (secondary N) is 1. The molecule has 38 heavy (non-hydrogen) atoms. The van der Waals surface area contributed by atoms with E-state index in [9.17, 15) is 22.4 Å². The molecule has 0 aromatic heterocycles. The number of carbonyl (C=O) groups excluding carboxylic acids is 2. The molecule has 0 radical (unpaired) electrons. The highest BCUT2D eigenvalue weighted by atomic mass is 32.2. The summed E-state index contributed by atoms with van der Waals surface area (Å²) in [4.78, 5) is 28.0. The number of carbonyl (C=O) groups is 2. The maximum Gasteiger partial charge on any atom is 0.242 e. The van der Waals surface area contributed by atoms with Gasteiger partial charge in [-0.25, -0.2) is 12.8 Å². The highest BCUT2D eigenvalue weighted by Gasteiger charge is 2.28. The molecule has 208 valence electrons. The summed E-state index contributed by atoms with van der Waals surface area (Å²) >= 11 is 0. The Labute approximate surface area is 225 Å². The first-order valence-electron chi connectivity index (χ1n) is 13.0. The summed E-state index contributed by atoms with van der Waals surface area (Å²) in [6.45, 7) is 1.94. The van der Waals surface area contributed by atoms with Crippen LogP contribution in [-0.2, 0) is 26.2 Å². The molecule has 2 aromatic rings. The molecular formula is C28H38FN3O5S. The second kappa shape index (κ2) is 13.6. The Kier molecular flexibility index (Phi) is 10.5. The number of halogens is 1. The van der Waals surface area contributed by atoms with Crippen LogP contribution in [0.5, 0.6) is 5.75 Å². The normalized spacial score (nSPS) is 14.9. The van der Waals surface area contributed by atoms with Gasteiger partial charge in [0.05, 0.1) is 19.1 Å². The monoisotopic (exact) mass is 547 g/mol. The van der Waals surface area contributed by atoms with Crippen molar-refractivity contribution in [2.45, 2.75) is 70.5 Å². The van der Waals surface area contributed by atoms with Gasteiger partial charge in [0.1, 0.15) is 17.6 Å². The van der Waals surface area contributed by atoms with E-state index < -0.39 is 16.1 Å². The summed E-state index contributed by atoms with van der Waals surface area (Å²) in [5.74, 6) is -0.268. The zero-order valence-electron chi connectivity index (χ0n) is 22.4. The van der Waals surface area contributed by atoms with Crippen LogP contribution in [0, 0.1) is 5.82 Å². The van der Waals surface area contributed by atoms with Crippen molar-refractivity contribution < 1.29 is 27.1 Å². The maximum absolute atomic E-state index is 13.4.